The number of para-hydroxylation sites is 1. The molecule has 3 aromatic carbocycles. The lowest BCUT2D eigenvalue weighted by Crippen LogP contribution is -2.31. The molecule has 0 spiro atoms. The van der Waals surface area contributed by atoms with E-state index in [9.17, 15) is 4.79 Å². The van der Waals surface area contributed by atoms with Crippen LogP contribution in [0.4, 0.5) is 0 Å². The number of ether oxygens (including phenoxy) is 1. The van der Waals surface area contributed by atoms with E-state index in [1.807, 2.05) is 42.5 Å². The van der Waals surface area contributed by atoms with Gasteiger partial charge in [0.05, 0.1) is 25.1 Å². The summed E-state index contributed by atoms with van der Waals surface area (Å²) < 4.78 is 5.37. The molecule has 6 heteroatoms. The Morgan fingerprint density at radius 3 is 2.68 bits per heavy atom. The fourth-order valence-electron chi connectivity index (χ4n) is 3.69. The predicted octanol–water partition coefficient (Wildman–Crippen LogP) is 5.48. The van der Waals surface area contributed by atoms with Gasteiger partial charge >= 0.3 is 0 Å². The van der Waals surface area contributed by atoms with Crippen LogP contribution >= 0.6 is 11.8 Å². The summed E-state index contributed by atoms with van der Waals surface area (Å²) in [7, 11) is 1.63. The first-order valence-corrected chi connectivity index (χ1v) is 11.3. The van der Waals surface area contributed by atoms with Gasteiger partial charge in [-0.15, -0.1) is 5.10 Å². The molecule has 1 amide bonds. The highest BCUT2D eigenvalue weighted by Gasteiger charge is 2.37. The van der Waals surface area contributed by atoms with Crippen LogP contribution in [0.3, 0.4) is 0 Å². The fourth-order valence-corrected chi connectivity index (χ4v) is 4.90. The second kappa shape index (κ2) is 9.79. The highest BCUT2D eigenvalue weighted by atomic mass is 32.2. The molecule has 1 aliphatic rings. The molecule has 0 aromatic heterocycles. The molecule has 158 valence electrons. The summed E-state index contributed by atoms with van der Waals surface area (Å²) in [5.74, 6) is 0.837. The summed E-state index contributed by atoms with van der Waals surface area (Å²) >= 11 is 1.50. The van der Waals surface area contributed by atoms with E-state index in [4.69, 9.17) is 4.74 Å². The zero-order chi connectivity index (χ0) is 21.6. The third-order valence-electron chi connectivity index (χ3n) is 5.26. The summed E-state index contributed by atoms with van der Waals surface area (Å²) in [6.45, 7) is 2.58. The molecule has 3 aromatic rings. The van der Waals surface area contributed by atoms with Crippen molar-refractivity contribution < 1.29 is 9.53 Å². The highest BCUT2D eigenvalue weighted by Crippen LogP contribution is 2.33. The Morgan fingerprint density at radius 1 is 1.06 bits per heavy atom. The van der Waals surface area contributed by atoms with Crippen molar-refractivity contribution in [3.8, 4) is 5.75 Å². The van der Waals surface area contributed by atoms with Crippen LogP contribution in [0.15, 0.2) is 76.9 Å². The van der Waals surface area contributed by atoms with Crippen LogP contribution in [-0.4, -0.2) is 34.5 Å². The highest BCUT2D eigenvalue weighted by molar-refractivity contribution is 8.15. The molecule has 4 rings (SSSR count). The molecule has 1 aliphatic heterocycles. The summed E-state index contributed by atoms with van der Waals surface area (Å²) in [5.41, 5.74) is 1.94. The van der Waals surface area contributed by atoms with Crippen molar-refractivity contribution in [2.24, 2.45) is 10.2 Å². The topological polar surface area (TPSA) is 54.3 Å². The largest absolute Gasteiger partial charge is 0.496 e. The number of amidine groups is 1. The van der Waals surface area contributed by atoms with E-state index in [1.165, 1.54) is 11.8 Å². The van der Waals surface area contributed by atoms with Gasteiger partial charge in [0.15, 0.2) is 5.17 Å². The Labute approximate surface area is 186 Å². The minimum absolute atomic E-state index is 0.103. The number of carbonyl (C=O) groups is 1. The molecule has 0 bridgehead atoms. The van der Waals surface area contributed by atoms with Crippen LogP contribution in [0.5, 0.6) is 5.75 Å². The lowest BCUT2D eigenvalue weighted by atomic mass is 10.0. The van der Waals surface area contributed by atoms with Gasteiger partial charge in [-0.25, -0.2) is 0 Å². The van der Waals surface area contributed by atoms with Crippen LogP contribution in [0.2, 0.25) is 0 Å². The molecule has 1 atom stereocenters. The number of fused-ring (bicyclic) bond motifs is 1. The van der Waals surface area contributed by atoms with Gasteiger partial charge in [0.1, 0.15) is 5.75 Å². The smallest absolute Gasteiger partial charge is 0.242 e. The maximum Gasteiger partial charge on any atom is 0.242 e. The Morgan fingerprint density at radius 2 is 1.84 bits per heavy atom. The molecular weight excluding hydrogens is 406 g/mol. The van der Waals surface area contributed by atoms with Gasteiger partial charge in [0, 0.05) is 5.56 Å². The predicted molar refractivity (Wildman–Crippen MR) is 129 cm³/mol. The van der Waals surface area contributed by atoms with Gasteiger partial charge in [-0.05, 0) is 34.9 Å². The monoisotopic (exact) mass is 431 g/mol. The van der Waals surface area contributed by atoms with Gasteiger partial charge < -0.3 is 4.74 Å². The van der Waals surface area contributed by atoms with Crippen molar-refractivity contribution in [3.05, 3.63) is 77.9 Å². The number of hydrogen-bond donors (Lipinski definition) is 0. The first kappa shape index (κ1) is 21.1. The number of methoxy groups -OCH3 is 1. The lowest BCUT2D eigenvalue weighted by molar-refractivity contribution is -0.126. The maximum atomic E-state index is 13.1. The van der Waals surface area contributed by atoms with Gasteiger partial charge in [-0.1, -0.05) is 79.7 Å². The van der Waals surface area contributed by atoms with Crippen LogP contribution < -0.4 is 4.74 Å². The quantitative estimate of drug-likeness (QED) is 0.368. The van der Waals surface area contributed by atoms with Crippen LogP contribution in [0, 0.1) is 0 Å². The SMILES string of the molecule is CCC[C@@H]1S/C(=N/N=C\c2ccccc2OC)N(Cc2cccc3ccccc23)C1=O. The van der Waals surface area contributed by atoms with Crippen LogP contribution in [0.1, 0.15) is 30.9 Å². The molecule has 1 saturated heterocycles. The van der Waals surface area contributed by atoms with Crippen molar-refractivity contribution in [2.75, 3.05) is 7.11 Å². The third kappa shape index (κ3) is 4.64. The molecule has 0 radical (unpaired) electrons. The number of hydrogen-bond acceptors (Lipinski definition) is 5. The fraction of sp³-hybridized carbons (Fsp3) is 0.240. The van der Waals surface area contributed by atoms with Crippen LogP contribution in [0.25, 0.3) is 10.8 Å². The van der Waals surface area contributed by atoms with Crippen molar-refractivity contribution in [2.45, 2.75) is 31.6 Å². The number of benzene rings is 3. The summed E-state index contributed by atoms with van der Waals surface area (Å²) in [4.78, 5) is 14.9. The number of amides is 1. The second-order valence-electron chi connectivity index (χ2n) is 7.33. The van der Waals surface area contributed by atoms with Crippen molar-refractivity contribution in [1.29, 1.82) is 0 Å². The first-order chi connectivity index (χ1) is 15.2. The molecule has 0 aliphatic carbocycles. The minimum atomic E-state index is -0.111. The minimum Gasteiger partial charge on any atom is -0.496 e. The van der Waals surface area contributed by atoms with E-state index < -0.39 is 0 Å². The number of rotatable bonds is 7. The second-order valence-corrected chi connectivity index (χ2v) is 8.50. The molecule has 31 heavy (non-hydrogen) atoms. The van der Waals surface area contributed by atoms with E-state index in [2.05, 4.69) is 41.4 Å². The molecule has 0 N–H and O–H groups in total. The van der Waals surface area contributed by atoms with Gasteiger partial charge in [-0.2, -0.15) is 5.10 Å². The maximum absolute atomic E-state index is 13.1. The van der Waals surface area contributed by atoms with E-state index in [1.54, 1.807) is 18.2 Å². The average molecular weight is 432 g/mol. The van der Waals surface area contributed by atoms with Gasteiger partial charge in [0.25, 0.3) is 0 Å². The van der Waals surface area contributed by atoms with Gasteiger partial charge in [-0.3, -0.25) is 9.69 Å². The van der Waals surface area contributed by atoms with Crippen LogP contribution in [-0.2, 0) is 11.3 Å². The third-order valence-corrected chi connectivity index (χ3v) is 6.49. The zero-order valence-electron chi connectivity index (χ0n) is 17.7. The van der Waals surface area contributed by atoms with Gasteiger partial charge in [0.2, 0.25) is 5.91 Å². The molecular formula is C25H25N3O2S. The summed E-state index contributed by atoms with van der Waals surface area (Å²) in [5, 5.41) is 11.6. The van der Waals surface area contributed by atoms with E-state index in [-0.39, 0.29) is 11.2 Å². The number of thioether (sulfide) groups is 1. The summed E-state index contributed by atoms with van der Waals surface area (Å²) in [6, 6.07) is 22.1. The first-order valence-electron chi connectivity index (χ1n) is 10.4. The zero-order valence-corrected chi connectivity index (χ0v) is 18.5. The summed E-state index contributed by atoms with van der Waals surface area (Å²) in [6.07, 6.45) is 3.44. The number of nitrogens with zero attached hydrogens (tertiary/aromatic N) is 3. The Bertz CT molecular complexity index is 1140. The Kier molecular flexibility index (Phi) is 6.67. The average Bonchev–Trinajstić information content (AvgIpc) is 3.09. The normalized spacial score (nSPS) is 17.9. The van der Waals surface area contributed by atoms with Crippen molar-refractivity contribution in [1.82, 2.24) is 4.90 Å². The molecule has 1 heterocycles. The Hall–Kier alpha value is -3.12. The van der Waals surface area contributed by atoms with E-state index >= 15 is 0 Å². The molecule has 0 saturated carbocycles. The molecule has 1 fully saturated rings. The molecule has 0 unspecified atom stereocenters. The molecule has 5 nitrogen and oxygen atoms in total. The number of carbonyl (C=O) groups excluding carboxylic acids is 1. The van der Waals surface area contributed by atoms with Crippen molar-refractivity contribution in [3.63, 3.8) is 0 Å². The lowest BCUT2D eigenvalue weighted by Gasteiger charge is -2.17. The van der Waals surface area contributed by atoms with Crippen molar-refractivity contribution >= 4 is 39.8 Å². The Balaban J connectivity index is 1.63. The standard InChI is InChI=1S/C25H25N3O2S/c1-3-9-23-24(29)28(17-20-13-8-12-18-10-4-6-14-21(18)20)25(31-23)27-26-16-19-11-5-7-15-22(19)30-2/h4-8,10-16,23H,3,9,17H2,1-2H3/b26-16-,27-25+/t23-/m0/s1. The van der Waals surface area contributed by atoms with E-state index in [0.29, 0.717) is 11.7 Å². The van der Waals surface area contributed by atoms with E-state index in [0.717, 1.165) is 40.5 Å².